The SMILES string of the molecule is CC1(C)CN(C(=O)c2cc(F)c(F)c(F)c2)CC(CO)O1. The van der Waals surface area contributed by atoms with Gasteiger partial charge in [0.25, 0.3) is 5.91 Å². The minimum Gasteiger partial charge on any atom is -0.394 e. The van der Waals surface area contributed by atoms with E-state index in [0.717, 1.165) is 0 Å². The summed E-state index contributed by atoms with van der Waals surface area (Å²) in [5.41, 5.74) is -0.973. The number of ether oxygens (including phenoxy) is 1. The fraction of sp³-hybridized carbons (Fsp3) is 0.500. The van der Waals surface area contributed by atoms with Gasteiger partial charge in [0.05, 0.1) is 18.3 Å². The lowest BCUT2D eigenvalue weighted by Crippen LogP contribution is -2.55. The summed E-state index contributed by atoms with van der Waals surface area (Å²) >= 11 is 0. The van der Waals surface area contributed by atoms with Crippen LogP contribution in [0.1, 0.15) is 24.2 Å². The monoisotopic (exact) mass is 303 g/mol. The number of carbonyl (C=O) groups excluding carboxylic acids is 1. The number of morpholine rings is 1. The first-order chi connectivity index (χ1) is 9.73. The lowest BCUT2D eigenvalue weighted by Gasteiger charge is -2.42. The average Bonchev–Trinajstić information content (AvgIpc) is 2.41. The fourth-order valence-corrected chi connectivity index (χ4v) is 2.41. The molecule has 21 heavy (non-hydrogen) atoms. The van der Waals surface area contributed by atoms with Crippen LogP contribution in [0.4, 0.5) is 13.2 Å². The first-order valence-electron chi connectivity index (χ1n) is 6.46. The summed E-state index contributed by atoms with van der Waals surface area (Å²) in [5, 5.41) is 9.19. The third kappa shape index (κ3) is 3.36. The molecule has 1 heterocycles. The molecule has 4 nitrogen and oxygen atoms in total. The number of rotatable bonds is 2. The minimum absolute atomic E-state index is 0.0966. The zero-order valence-electron chi connectivity index (χ0n) is 11.7. The summed E-state index contributed by atoms with van der Waals surface area (Å²) in [7, 11) is 0. The summed E-state index contributed by atoms with van der Waals surface area (Å²) in [6.45, 7) is 3.49. The highest BCUT2D eigenvalue weighted by atomic mass is 19.2. The van der Waals surface area contributed by atoms with E-state index in [2.05, 4.69) is 0 Å². The average molecular weight is 303 g/mol. The Morgan fingerprint density at radius 1 is 1.38 bits per heavy atom. The number of carbonyl (C=O) groups is 1. The summed E-state index contributed by atoms with van der Waals surface area (Å²) in [6.07, 6.45) is -0.576. The maximum atomic E-state index is 13.2. The topological polar surface area (TPSA) is 49.8 Å². The molecule has 7 heteroatoms. The highest BCUT2D eigenvalue weighted by Crippen LogP contribution is 2.23. The summed E-state index contributed by atoms with van der Waals surface area (Å²) in [4.78, 5) is 13.6. The molecule has 1 atom stereocenters. The van der Waals surface area contributed by atoms with Crippen LogP contribution in [0, 0.1) is 17.5 Å². The lowest BCUT2D eigenvalue weighted by molar-refractivity contribution is -0.139. The molecule has 1 aromatic rings. The minimum atomic E-state index is -1.61. The van der Waals surface area contributed by atoms with Gasteiger partial charge in [-0.2, -0.15) is 0 Å². The number of amides is 1. The van der Waals surface area contributed by atoms with Gasteiger partial charge >= 0.3 is 0 Å². The van der Waals surface area contributed by atoms with Gasteiger partial charge in [0.2, 0.25) is 0 Å². The van der Waals surface area contributed by atoms with Crippen molar-refractivity contribution < 1.29 is 27.8 Å². The molecule has 1 unspecified atom stereocenters. The molecule has 1 aliphatic heterocycles. The fourth-order valence-electron chi connectivity index (χ4n) is 2.41. The molecule has 1 N–H and O–H groups in total. The molecular weight excluding hydrogens is 287 g/mol. The largest absolute Gasteiger partial charge is 0.394 e. The second-order valence-electron chi connectivity index (χ2n) is 5.62. The molecule has 1 fully saturated rings. The van der Waals surface area contributed by atoms with E-state index in [1.165, 1.54) is 4.90 Å². The Kier molecular flexibility index (Phi) is 4.25. The maximum Gasteiger partial charge on any atom is 0.254 e. The second kappa shape index (κ2) is 5.65. The smallest absolute Gasteiger partial charge is 0.254 e. The normalized spacial score (nSPS) is 21.4. The van der Waals surface area contributed by atoms with Gasteiger partial charge in [-0.15, -0.1) is 0 Å². The Hall–Kier alpha value is -1.60. The third-order valence-electron chi connectivity index (χ3n) is 3.20. The van der Waals surface area contributed by atoms with Crippen molar-refractivity contribution in [1.82, 2.24) is 4.90 Å². The number of nitrogens with zero attached hydrogens (tertiary/aromatic N) is 1. The number of halogens is 3. The van der Waals surface area contributed by atoms with E-state index in [4.69, 9.17) is 4.74 Å². The molecule has 2 rings (SSSR count). The Labute approximate surface area is 120 Å². The van der Waals surface area contributed by atoms with Gasteiger partial charge in [0, 0.05) is 18.7 Å². The van der Waals surface area contributed by atoms with Crippen LogP contribution >= 0.6 is 0 Å². The van der Waals surface area contributed by atoms with E-state index in [1.54, 1.807) is 13.8 Å². The molecule has 1 aromatic carbocycles. The van der Waals surface area contributed by atoms with Gasteiger partial charge in [-0.3, -0.25) is 4.79 Å². The Balaban J connectivity index is 2.27. The summed E-state index contributed by atoms with van der Waals surface area (Å²) in [6, 6.07) is 1.33. The molecule has 0 aliphatic carbocycles. The van der Waals surface area contributed by atoms with E-state index in [9.17, 15) is 23.1 Å². The quantitative estimate of drug-likeness (QED) is 0.846. The third-order valence-corrected chi connectivity index (χ3v) is 3.20. The zero-order valence-corrected chi connectivity index (χ0v) is 11.7. The van der Waals surface area contributed by atoms with E-state index in [-0.39, 0.29) is 25.3 Å². The van der Waals surface area contributed by atoms with Crippen LogP contribution in [-0.2, 0) is 4.74 Å². The van der Waals surface area contributed by atoms with Crippen molar-refractivity contribution in [2.75, 3.05) is 19.7 Å². The molecule has 0 radical (unpaired) electrons. The number of benzene rings is 1. The van der Waals surface area contributed by atoms with Gasteiger partial charge in [-0.25, -0.2) is 13.2 Å². The van der Waals surface area contributed by atoms with E-state index in [0.29, 0.717) is 12.1 Å². The van der Waals surface area contributed by atoms with Crippen molar-refractivity contribution in [2.45, 2.75) is 25.6 Å². The molecule has 1 amide bonds. The predicted octanol–water partition coefficient (Wildman–Crippen LogP) is 1.72. The standard InChI is InChI=1S/C14H16F3NO3/c1-14(2)7-18(5-9(6-19)21-14)13(20)8-3-10(15)12(17)11(16)4-8/h3-4,9,19H,5-7H2,1-2H3. The number of aliphatic hydroxyl groups is 1. The van der Waals surface area contributed by atoms with Crippen LogP contribution in [0.5, 0.6) is 0 Å². The van der Waals surface area contributed by atoms with Gasteiger partial charge in [0.15, 0.2) is 17.5 Å². The van der Waals surface area contributed by atoms with Crippen molar-refractivity contribution >= 4 is 5.91 Å². The van der Waals surface area contributed by atoms with Crippen LogP contribution in [0.25, 0.3) is 0 Å². The number of aliphatic hydroxyl groups excluding tert-OH is 1. The van der Waals surface area contributed by atoms with Crippen LogP contribution < -0.4 is 0 Å². The molecule has 116 valence electrons. The van der Waals surface area contributed by atoms with Gasteiger partial charge in [0.1, 0.15) is 0 Å². The zero-order chi connectivity index (χ0) is 15.8. The van der Waals surface area contributed by atoms with Gasteiger partial charge in [-0.1, -0.05) is 0 Å². The lowest BCUT2D eigenvalue weighted by atomic mass is 10.0. The molecule has 0 saturated carbocycles. The molecule has 0 aromatic heterocycles. The number of hydrogen-bond acceptors (Lipinski definition) is 3. The summed E-state index contributed by atoms with van der Waals surface area (Å²) in [5.74, 6) is -5.07. The Bertz CT molecular complexity index is 539. The molecule has 1 saturated heterocycles. The molecule has 1 aliphatic rings. The van der Waals surface area contributed by atoms with Crippen molar-refractivity contribution in [2.24, 2.45) is 0 Å². The molecular formula is C14H16F3NO3. The first kappa shape index (κ1) is 15.8. The van der Waals surface area contributed by atoms with Crippen molar-refractivity contribution in [3.63, 3.8) is 0 Å². The summed E-state index contributed by atoms with van der Waals surface area (Å²) < 4.78 is 44.9. The highest BCUT2D eigenvalue weighted by Gasteiger charge is 2.36. The Morgan fingerprint density at radius 2 is 1.95 bits per heavy atom. The highest BCUT2D eigenvalue weighted by molar-refractivity contribution is 5.94. The van der Waals surface area contributed by atoms with Crippen LogP contribution in [0.2, 0.25) is 0 Å². The number of hydrogen-bond donors (Lipinski definition) is 1. The molecule has 0 spiro atoms. The van der Waals surface area contributed by atoms with Crippen LogP contribution in [0.15, 0.2) is 12.1 Å². The second-order valence-corrected chi connectivity index (χ2v) is 5.62. The van der Waals surface area contributed by atoms with Crippen molar-refractivity contribution in [3.8, 4) is 0 Å². The maximum absolute atomic E-state index is 13.2. The van der Waals surface area contributed by atoms with Gasteiger partial charge < -0.3 is 14.7 Å². The molecule has 0 bridgehead atoms. The van der Waals surface area contributed by atoms with E-state index >= 15 is 0 Å². The van der Waals surface area contributed by atoms with Crippen LogP contribution in [0.3, 0.4) is 0 Å². The van der Waals surface area contributed by atoms with Gasteiger partial charge in [-0.05, 0) is 26.0 Å². The van der Waals surface area contributed by atoms with Crippen LogP contribution in [-0.4, -0.2) is 47.3 Å². The predicted molar refractivity (Wildman–Crippen MR) is 68.3 cm³/mol. The first-order valence-corrected chi connectivity index (χ1v) is 6.46. The van der Waals surface area contributed by atoms with E-state index in [1.807, 2.05) is 0 Å². The van der Waals surface area contributed by atoms with Crippen molar-refractivity contribution in [3.05, 3.63) is 35.1 Å². The van der Waals surface area contributed by atoms with E-state index < -0.39 is 35.1 Å². The van der Waals surface area contributed by atoms with Crippen molar-refractivity contribution in [1.29, 1.82) is 0 Å². The Morgan fingerprint density at radius 3 is 2.48 bits per heavy atom.